The highest BCUT2D eigenvalue weighted by Gasteiger charge is 2.47. The lowest BCUT2D eigenvalue weighted by Gasteiger charge is -2.27. The number of carbonyl (C=O) groups excluding carboxylic acids is 3. The zero-order valence-electron chi connectivity index (χ0n) is 22.2. The highest BCUT2D eigenvalue weighted by atomic mass is 16.6. The number of anilines is 1. The Bertz CT molecular complexity index is 1480. The first kappa shape index (κ1) is 26.0. The van der Waals surface area contributed by atoms with Gasteiger partial charge in [0.25, 0.3) is 11.7 Å². The Kier molecular flexibility index (Phi) is 6.64. The van der Waals surface area contributed by atoms with Crippen LogP contribution in [0.5, 0.6) is 11.5 Å². The van der Waals surface area contributed by atoms with Gasteiger partial charge in [-0.05, 0) is 59.0 Å². The molecule has 0 saturated carbocycles. The Labute approximate surface area is 226 Å². The van der Waals surface area contributed by atoms with Crippen molar-refractivity contribution in [3.05, 3.63) is 94.6 Å². The summed E-state index contributed by atoms with van der Waals surface area (Å²) in [4.78, 5) is 40.2. The van der Waals surface area contributed by atoms with Gasteiger partial charge < -0.3 is 19.3 Å². The quantitative estimate of drug-likeness (QED) is 0.216. The standard InChI is InChI=1S/C31H29NO7/c1-31(2,3)21-10-5-18(6-11-21)26-25(27(33)20-9-14-23-24(17-20)39-16-15-38-23)28(34)29(35)32(26)22-12-7-19(8-13-22)30(36)37-4/h5-14,17,26,33H,15-16H2,1-4H3/b27-25-. The maximum atomic E-state index is 13.5. The van der Waals surface area contributed by atoms with Crippen molar-refractivity contribution in [2.24, 2.45) is 0 Å². The van der Waals surface area contributed by atoms with Crippen LogP contribution in [-0.4, -0.2) is 43.1 Å². The number of rotatable bonds is 4. The molecule has 1 unspecified atom stereocenters. The van der Waals surface area contributed by atoms with E-state index >= 15 is 0 Å². The number of hydrogen-bond donors (Lipinski definition) is 1. The van der Waals surface area contributed by atoms with Crippen LogP contribution in [0.4, 0.5) is 5.69 Å². The van der Waals surface area contributed by atoms with Gasteiger partial charge in [0, 0.05) is 11.3 Å². The maximum absolute atomic E-state index is 13.5. The van der Waals surface area contributed by atoms with Crippen LogP contribution in [0, 0.1) is 0 Å². The fourth-order valence-corrected chi connectivity index (χ4v) is 4.80. The summed E-state index contributed by atoms with van der Waals surface area (Å²) in [5.41, 5.74) is 2.62. The fraction of sp³-hybridized carbons (Fsp3) is 0.258. The Morgan fingerprint density at radius 3 is 2.13 bits per heavy atom. The van der Waals surface area contributed by atoms with Crippen molar-refractivity contribution in [2.45, 2.75) is 32.2 Å². The first-order chi connectivity index (χ1) is 18.6. The highest BCUT2D eigenvalue weighted by molar-refractivity contribution is 6.51. The van der Waals surface area contributed by atoms with E-state index in [0.29, 0.717) is 47.1 Å². The predicted octanol–water partition coefficient (Wildman–Crippen LogP) is 5.17. The molecule has 0 spiro atoms. The molecule has 3 aromatic rings. The normalized spacial score (nSPS) is 18.3. The summed E-state index contributed by atoms with van der Waals surface area (Å²) in [5, 5.41) is 11.5. The molecule has 0 radical (unpaired) electrons. The van der Waals surface area contributed by atoms with E-state index in [1.54, 1.807) is 30.3 Å². The number of aliphatic hydroxyl groups excluding tert-OH is 1. The van der Waals surface area contributed by atoms with Gasteiger partial charge >= 0.3 is 5.97 Å². The number of fused-ring (bicyclic) bond motifs is 1. The van der Waals surface area contributed by atoms with Gasteiger partial charge in [-0.1, -0.05) is 45.0 Å². The molecular formula is C31H29NO7. The number of Topliss-reactive ketones (excluding diaryl/α,β-unsaturated/α-hetero) is 1. The van der Waals surface area contributed by atoms with Gasteiger partial charge in [-0.3, -0.25) is 14.5 Å². The van der Waals surface area contributed by atoms with Crippen molar-refractivity contribution in [1.82, 2.24) is 0 Å². The number of nitrogens with zero attached hydrogens (tertiary/aromatic N) is 1. The summed E-state index contributed by atoms with van der Waals surface area (Å²) in [5.74, 6) is -1.45. The van der Waals surface area contributed by atoms with E-state index < -0.39 is 23.7 Å². The minimum Gasteiger partial charge on any atom is -0.507 e. The van der Waals surface area contributed by atoms with Crippen molar-refractivity contribution in [3.8, 4) is 11.5 Å². The maximum Gasteiger partial charge on any atom is 0.337 e. The second-order valence-corrected chi connectivity index (χ2v) is 10.4. The summed E-state index contributed by atoms with van der Waals surface area (Å²) in [6, 6.07) is 17.9. The molecule has 1 amide bonds. The molecule has 1 atom stereocenters. The molecule has 1 N–H and O–H groups in total. The van der Waals surface area contributed by atoms with Crippen LogP contribution >= 0.6 is 0 Å². The first-order valence-corrected chi connectivity index (χ1v) is 12.6. The van der Waals surface area contributed by atoms with Crippen LogP contribution < -0.4 is 14.4 Å². The summed E-state index contributed by atoms with van der Waals surface area (Å²) in [7, 11) is 1.29. The second-order valence-electron chi connectivity index (χ2n) is 10.4. The van der Waals surface area contributed by atoms with Crippen LogP contribution in [0.15, 0.2) is 72.3 Å². The molecule has 2 heterocycles. The van der Waals surface area contributed by atoms with Gasteiger partial charge in [0.05, 0.1) is 24.3 Å². The monoisotopic (exact) mass is 527 g/mol. The lowest BCUT2D eigenvalue weighted by atomic mass is 9.85. The third-order valence-corrected chi connectivity index (χ3v) is 6.92. The van der Waals surface area contributed by atoms with Crippen LogP contribution in [0.25, 0.3) is 5.76 Å². The molecule has 8 heteroatoms. The summed E-state index contributed by atoms with van der Waals surface area (Å²) in [6.07, 6.45) is 0. The lowest BCUT2D eigenvalue weighted by Crippen LogP contribution is -2.29. The third-order valence-electron chi connectivity index (χ3n) is 6.92. The van der Waals surface area contributed by atoms with Crippen molar-refractivity contribution in [2.75, 3.05) is 25.2 Å². The second kappa shape index (κ2) is 9.94. The largest absolute Gasteiger partial charge is 0.507 e. The molecule has 1 fully saturated rings. The molecule has 3 aromatic carbocycles. The zero-order valence-corrected chi connectivity index (χ0v) is 22.2. The minimum atomic E-state index is -0.906. The van der Waals surface area contributed by atoms with E-state index in [9.17, 15) is 19.5 Å². The molecular weight excluding hydrogens is 498 g/mol. The summed E-state index contributed by atoms with van der Waals surface area (Å²) < 4.78 is 16.0. The minimum absolute atomic E-state index is 0.0442. The number of benzene rings is 3. The number of ether oxygens (including phenoxy) is 3. The van der Waals surface area contributed by atoms with Gasteiger partial charge in [0.2, 0.25) is 0 Å². The number of esters is 1. The SMILES string of the molecule is COC(=O)c1ccc(N2C(=O)C(=O)/C(=C(\O)c3ccc4c(c3)OCCO4)C2c2ccc(C(C)(C)C)cc2)cc1. The zero-order chi connectivity index (χ0) is 27.9. The van der Waals surface area contributed by atoms with E-state index in [1.807, 2.05) is 24.3 Å². The van der Waals surface area contributed by atoms with E-state index in [0.717, 1.165) is 5.56 Å². The number of carbonyl (C=O) groups is 3. The molecule has 8 nitrogen and oxygen atoms in total. The van der Waals surface area contributed by atoms with E-state index in [2.05, 4.69) is 20.8 Å². The Balaban J connectivity index is 1.66. The molecule has 5 rings (SSSR count). The Morgan fingerprint density at radius 2 is 1.51 bits per heavy atom. The van der Waals surface area contributed by atoms with Crippen molar-refractivity contribution >= 4 is 29.1 Å². The van der Waals surface area contributed by atoms with E-state index in [-0.39, 0.29) is 16.7 Å². The molecule has 2 aliphatic heterocycles. The van der Waals surface area contributed by atoms with Gasteiger partial charge in [-0.2, -0.15) is 0 Å². The molecule has 0 bridgehead atoms. The van der Waals surface area contributed by atoms with Crippen molar-refractivity contribution in [1.29, 1.82) is 0 Å². The molecule has 0 aliphatic carbocycles. The molecule has 2 aliphatic rings. The Morgan fingerprint density at radius 1 is 0.897 bits per heavy atom. The number of amides is 1. The van der Waals surface area contributed by atoms with Gasteiger partial charge in [0.15, 0.2) is 11.5 Å². The lowest BCUT2D eigenvalue weighted by molar-refractivity contribution is -0.132. The topological polar surface area (TPSA) is 102 Å². The highest BCUT2D eigenvalue weighted by Crippen LogP contribution is 2.43. The first-order valence-electron chi connectivity index (χ1n) is 12.6. The van der Waals surface area contributed by atoms with E-state index in [4.69, 9.17) is 14.2 Å². The van der Waals surface area contributed by atoms with E-state index in [1.165, 1.54) is 24.1 Å². The molecule has 1 saturated heterocycles. The van der Waals surface area contributed by atoms with Crippen LogP contribution in [0.1, 0.15) is 53.9 Å². The molecule has 200 valence electrons. The number of methoxy groups -OCH3 is 1. The number of ketones is 1. The average molecular weight is 528 g/mol. The fourth-order valence-electron chi connectivity index (χ4n) is 4.80. The smallest absolute Gasteiger partial charge is 0.337 e. The van der Waals surface area contributed by atoms with Crippen molar-refractivity contribution in [3.63, 3.8) is 0 Å². The van der Waals surface area contributed by atoms with Gasteiger partial charge in [0.1, 0.15) is 19.0 Å². The number of hydrogen-bond acceptors (Lipinski definition) is 7. The number of aliphatic hydroxyl groups is 1. The molecule has 0 aromatic heterocycles. The molecule has 39 heavy (non-hydrogen) atoms. The van der Waals surface area contributed by atoms with Crippen LogP contribution in [0.2, 0.25) is 0 Å². The predicted molar refractivity (Wildman–Crippen MR) is 145 cm³/mol. The average Bonchev–Trinajstić information content (AvgIpc) is 3.21. The summed E-state index contributed by atoms with van der Waals surface area (Å²) in [6.45, 7) is 7.07. The van der Waals surface area contributed by atoms with Crippen molar-refractivity contribution < 1.29 is 33.7 Å². The van der Waals surface area contributed by atoms with Crippen LogP contribution in [0.3, 0.4) is 0 Å². The third kappa shape index (κ3) is 4.74. The Hall–Kier alpha value is -4.59. The van der Waals surface area contributed by atoms with Gasteiger partial charge in [-0.25, -0.2) is 4.79 Å². The van der Waals surface area contributed by atoms with Gasteiger partial charge in [-0.15, -0.1) is 0 Å². The van der Waals surface area contributed by atoms with Crippen LogP contribution in [-0.2, 0) is 19.7 Å². The summed E-state index contributed by atoms with van der Waals surface area (Å²) >= 11 is 0.